The Morgan fingerprint density at radius 3 is 2.58 bits per heavy atom. The van der Waals surface area contributed by atoms with Gasteiger partial charge < -0.3 is 14.9 Å². The molecular weight excluding hydrogens is 248 g/mol. The zero-order chi connectivity index (χ0) is 14.4. The summed E-state index contributed by atoms with van der Waals surface area (Å²) in [6.45, 7) is 2.15. The van der Waals surface area contributed by atoms with Gasteiger partial charge in [-0.3, -0.25) is 14.4 Å². The number of carbonyl (C=O) groups excluding carboxylic acids is 2. The monoisotopic (exact) mass is 270 g/mol. The molecule has 0 spiro atoms. The average molecular weight is 270 g/mol. The van der Waals surface area contributed by atoms with Crippen LogP contribution >= 0.6 is 0 Å². The molecule has 0 radical (unpaired) electrons. The van der Waals surface area contributed by atoms with E-state index in [1.165, 1.54) is 11.8 Å². The third-order valence-electron chi connectivity index (χ3n) is 3.55. The lowest BCUT2D eigenvalue weighted by Crippen LogP contribution is -2.48. The number of carboxylic acids is 1. The quantitative estimate of drug-likeness (QED) is 0.798. The summed E-state index contributed by atoms with van der Waals surface area (Å²) < 4.78 is 0. The topological polar surface area (TPSA) is 77.9 Å². The van der Waals surface area contributed by atoms with Crippen molar-refractivity contribution in [2.24, 2.45) is 0 Å². The van der Waals surface area contributed by atoms with Crippen LogP contribution in [-0.4, -0.2) is 58.9 Å². The van der Waals surface area contributed by atoms with E-state index in [1.807, 2.05) is 0 Å². The van der Waals surface area contributed by atoms with E-state index in [0.717, 1.165) is 19.3 Å². The van der Waals surface area contributed by atoms with E-state index in [0.29, 0.717) is 13.0 Å². The number of piperidine rings is 1. The summed E-state index contributed by atoms with van der Waals surface area (Å²) in [6, 6.07) is -0.00212. The minimum Gasteiger partial charge on any atom is -0.481 e. The van der Waals surface area contributed by atoms with Gasteiger partial charge in [0.1, 0.15) is 0 Å². The van der Waals surface area contributed by atoms with Gasteiger partial charge in [0, 0.05) is 33.0 Å². The van der Waals surface area contributed by atoms with Crippen LogP contribution < -0.4 is 0 Å². The van der Waals surface area contributed by atoms with E-state index in [1.54, 1.807) is 11.9 Å². The molecule has 1 aliphatic heterocycles. The lowest BCUT2D eigenvalue weighted by molar-refractivity contribution is -0.142. The molecule has 0 aromatic rings. The molecule has 1 fully saturated rings. The first kappa shape index (κ1) is 15.5. The number of likely N-dealkylation sites (N-methyl/N-ethyl adjacent to an activating group) is 1. The predicted molar refractivity (Wildman–Crippen MR) is 69.5 cm³/mol. The highest BCUT2D eigenvalue weighted by Gasteiger charge is 2.27. The Balaban J connectivity index is 2.57. The van der Waals surface area contributed by atoms with E-state index in [-0.39, 0.29) is 30.8 Å². The van der Waals surface area contributed by atoms with E-state index in [9.17, 15) is 14.4 Å². The molecular formula is C13H22N2O4. The van der Waals surface area contributed by atoms with Crippen LogP contribution in [0.5, 0.6) is 0 Å². The van der Waals surface area contributed by atoms with Crippen LogP contribution in [0.3, 0.4) is 0 Å². The third kappa shape index (κ3) is 4.89. The van der Waals surface area contributed by atoms with E-state index < -0.39 is 5.97 Å². The summed E-state index contributed by atoms with van der Waals surface area (Å²) in [5.74, 6) is -1.07. The first-order valence-corrected chi connectivity index (χ1v) is 6.64. The second-order valence-electron chi connectivity index (χ2n) is 5.04. The lowest BCUT2D eigenvalue weighted by Gasteiger charge is -2.36. The number of amides is 2. The highest BCUT2D eigenvalue weighted by atomic mass is 16.4. The van der Waals surface area contributed by atoms with Gasteiger partial charge >= 0.3 is 5.97 Å². The van der Waals surface area contributed by atoms with Crippen molar-refractivity contribution in [2.75, 3.05) is 20.1 Å². The van der Waals surface area contributed by atoms with Gasteiger partial charge in [-0.15, -0.1) is 0 Å². The number of carboxylic acid groups (broad SMARTS) is 1. The Bertz CT molecular complexity index is 357. The van der Waals surface area contributed by atoms with Crippen LogP contribution in [0.25, 0.3) is 0 Å². The van der Waals surface area contributed by atoms with Gasteiger partial charge in [0.05, 0.1) is 6.54 Å². The lowest BCUT2D eigenvalue weighted by atomic mass is 9.98. The highest BCUT2D eigenvalue weighted by Crippen LogP contribution is 2.21. The fourth-order valence-electron chi connectivity index (χ4n) is 2.32. The zero-order valence-electron chi connectivity index (χ0n) is 11.6. The first-order chi connectivity index (χ1) is 8.91. The van der Waals surface area contributed by atoms with Crippen LogP contribution in [0.15, 0.2) is 0 Å². The van der Waals surface area contributed by atoms with Gasteiger partial charge in [-0.25, -0.2) is 0 Å². The van der Waals surface area contributed by atoms with Gasteiger partial charge in [0.2, 0.25) is 11.8 Å². The molecule has 0 unspecified atom stereocenters. The standard InChI is InChI=1S/C13H22N2O4/c1-10(16)14(2)9-12(17)15-8-4-3-5-11(15)6-7-13(18)19/h11H,3-9H2,1-2H3,(H,18,19)/t11-/m1/s1. The number of hydrogen-bond donors (Lipinski definition) is 1. The SMILES string of the molecule is CC(=O)N(C)CC(=O)N1CCCC[C@@H]1CCC(=O)O. The summed E-state index contributed by atoms with van der Waals surface area (Å²) in [4.78, 5) is 37.0. The van der Waals surface area contributed by atoms with Crippen molar-refractivity contribution in [1.82, 2.24) is 9.80 Å². The molecule has 1 aliphatic rings. The van der Waals surface area contributed by atoms with Gasteiger partial charge in [0.15, 0.2) is 0 Å². The van der Waals surface area contributed by atoms with Crippen molar-refractivity contribution in [1.29, 1.82) is 0 Å². The highest BCUT2D eigenvalue weighted by molar-refractivity contribution is 5.84. The maximum atomic E-state index is 12.2. The summed E-state index contributed by atoms with van der Waals surface area (Å²) in [5, 5.41) is 8.73. The number of aliphatic carboxylic acids is 1. The number of hydrogen-bond acceptors (Lipinski definition) is 3. The van der Waals surface area contributed by atoms with E-state index >= 15 is 0 Å². The van der Waals surface area contributed by atoms with Crippen molar-refractivity contribution in [3.05, 3.63) is 0 Å². The molecule has 1 N–H and O–H groups in total. The van der Waals surface area contributed by atoms with Crippen molar-refractivity contribution in [3.8, 4) is 0 Å². The van der Waals surface area contributed by atoms with Gasteiger partial charge in [-0.2, -0.15) is 0 Å². The summed E-state index contributed by atoms with van der Waals surface area (Å²) in [7, 11) is 1.59. The maximum absolute atomic E-state index is 12.2. The number of rotatable bonds is 5. The molecule has 108 valence electrons. The normalized spacial score (nSPS) is 19.1. The second-order valence-corrected chi connectivity index (χ2v) is 5.04. The molecule has 0 bridgehead atoms. The van der Waals surface area contributed by atoms with Crippen molar-refractivity contribution in [2.45, 2.75) is 45.1 Å². The molecule has 1 heterocycles. The van der Waals surface area contributed by atoms with Gasteiger partial charge in [0.25, 0.3) is 0 Å². The number of nitrogens with zero attached hydrogens (tertiary/aromatic N) is 2. The molecule has 0 aromatic heterocycles. The summed E-state index contributed by atoms with van der Waals surface area (Å²) in [5.41, 5.74) is 0. The zero-order valence-corrected chi connectivity index (χ0v) is 11.6. The van der Waals surface area contributed by atoms with Crippen molar-refractivity contribution >= 4 is 17.8 Å². The molecule has 0 aromatic carbocycles. The molecule has 19 heavy (non-hydrogen) atoms. The third-order valence-corrected chi connectivity index (χ3v) is 3.55. The molecule has 6 nitrogen and oxygen atoms in total. The van der Waals surface area contributed by atoms with Gasteiger partial charge in [-0.1, -0.05) is 0 Å². The van der Waals surface area contributed by atoms with Crippen LogP contribution in [0.1, 0.15) is 39.0 Å². The molecule has 6 heteroatoms. The van der Waals surface area contributed by atoms with Crippen LogP contribution in [0.4, 0.5) is 0 Å². The number of likely N-dealkylation sites (tertiary alicyclic amines) is 1. The minimum absolute atomic E-state index is 0.00212. The molecule has 2 amide bonds. The Labute approximate surface area is 113 Å². The fourth-order valence-corrected chi connectivity index (χ4v) is 2.32. The molecule has 1 atom stereocenters. The summed E-state index contributed by atoms with van der Waals surface area (Å²) >= 11 is 0. The molecule has 1 saturated heterocycles. The fraction of sp³-hybridized carbons (Fsp3) is 0.769. The van der Waals surface area contributed by atoms with Crippen molar-refractivity contribution < 1.29 is 19.5 Å². The smallest absolute Gasteiger partial charge is 0.303 e. The van der Waals surface area contributed by atoms with E-state index in [2.05, 4.69) is 0 Å². The van der Waals surface area contributed by atoms with Crippen LogP contribution in [0, 0.1) is 0 Å². The number of carbonyl (C=O) groups is 3. The molecule has 1 rings (SSSR count). The first-order valence-electron chi connectivity index (χ1n) is 6.64. The van der Waals surface area contributed by atoms with Crippen molar-refractivity contribution in [3.63, 3.8) is 0 Å². The largest absolute Gasteiger partial charge is 0.481 e. The molecule has 0 saturated carbocycles. The maximum Gasteiger partial charge on any atom is 0.303 e. The Morgan fingerprint density at radius 1 is 1.32 bits per heavy atom. The van der Waals surface area contributed by atoms with Gasteiger partial charge in [-0.05, 0) is 25.7 Å². The average Bonchev–Trinajstić information content (AvgIpc) is 2.36. The second kappa shape index (κ2) is 7.11. The Hall–Kier alpha value is -1.59. The van der Waals surface area contributed by atoms with Crippen LogP contribution in [0.2, 0.25) is 0 Å². The summed E-state index contributed by atoms with van der Waals surface area (Å²) in [6.07, 6.45) is 3.39. The van der Waals surface area contributed by atoms with E-state index in [4.69, 9.17) is 5.11 Å². The van der Waals surface area contributed by atoms with Crippen LogP contribution in [-0.2, 0) is 14.4 Å². The molecule has 0 aliphatic carbocycles. The Morgan fingerprint density at radius 2 is 2.00 bits per heavy atom. The predicted octanol–water partition coefficient (Wildman–Crippen LogP) is 0.711. The Kier molecular flexibility index (Phi) is 5.79. The minimum atomic E-state index is -0.834.